The van der Waals surface area contributed by atoms with Gasteiger partial charge in [0.25, 0.3) is 0 Å². The average molecular weight is 332 g/mol. The van der Waals surface area contributed by atoms with Crippen molar-refractivity contribution in [1.29, 1.82) is 0 Å². The molecule has 0 saturated heterocycles. The zero-order valence-corrected chi connectivity index (χ0v) is 13.5. The number of hydrazone groups is 1. The van der Waals surface area contributed by atoms with E-state index in [1.807, 2.05) is 47.5 Å². The normalized spacial score (nSPS) is 16.8. The number of hydrogen-bond acceptors (Lipinski definition) is 3. The van der Waals surface area contributed by atoms with Gasteiger partial charge in [-0.3, -0.25) is 5.01 Å². The van der Waals surface area contributed by atoms with Crippen LogP contribution in [-0.2, 0) is 0 Å². The second kappa shape index (κ2) is 6.40. The van der Waals surface area contributed by atoms with Gasteiger partial charge in [-0.25, -0.2) is 4.39 Å². The third kappa shape index (κ3) is 2.98. The molecule has 4 heteroatoms. The van der Waals surface area contributed by atoms with E-state index in [-0.39, 0.29) is 17.6 Å². The summed E-state index contributed by atoms with van der Waals surface area (Å²) in [6.45, 7) is 0. The van der Waals surface area contributed by atoms with Crippen molar-refractivity contribution in [3.05, 3.63) is 95.8 Å². The molecule has 1 N–H and O–H groups in total. The molecule has 0 saturated carbocycles. The first kappa shape index (κ1) is 15.4. The van der Waals surface area contributed by atoms with Crippen molar-refractivity contribution in [2.24, 2.45) is 5.10 Å². The summed E-state index contributed by atoms with van der Waals surface area (Å²) in [7, 11) is 0. The van der Waals surface area contributed by atoms with E-state index in [9.17, 15) is 9.50 Å². The molecule has 3 aromatic rings. The first-order valence-corrected chi connectivity index (χ1v) is 8.18. The quantitative estimate of drug-likeness (QED) is 0.741. The monoisotopic (exact) mass is 332 g/mol. The highest BCUT2D eigenvalue weighted by Crippen LogP contribution is 2.37. The lowest BCUT2D eigenvalue weighted by Crippen LogP contribution is -2.18. The number of hydrogen-bond donors (Lipinski definition) is 1. The maximum absolute atomic E-state index is 13.3. The lowest BCUT2D eigenvalue weighted by molar-refractivity contribution is 0.474. The van der Waals surface area contributed by atoms with Crippen LogP contribution in [0.3, 0.4) is 0 Å². The van der Waals surface area contributed by atoms with Crippen LogP contribution in [0.2, 0.25) is 0 Å². The Labute approximate surface area is 145 Å². The SMILES string of the molecule is Oc1ccccc1C1=NN(c2ccccc2)[C@H](c2ccc(F)cc2)C1. The molecular formula is C21H17FN2O. The molecule has 1 aliphatic heterocycles. The molecule has 1 atom stereocenters. The second-order valence-electron chi connectivity index (χ2n) is 6.02. The van der Waals surface area contributed by atoms with Gasteiger partial charge in [0.05, 0.1) is 17.4 Å². The molecular weight excluding hydrogens is 315 g/mol. The van der Waals surface area contributed by atoms with Gasteiger partial charge < -0.3 is 5.11 Å². The van der Waals surface area contributed by atoms with E-state index in [4.69, 9.17) is 5.10 Å². The third-order valence-corrected chi connectivity index (χ3v) is 4.40. The van der Waals surface area contributed by atoms with E-state index in [2.05, 4.69) is 0 Å². The molecule has 0 aliphatic carbocycles. The first-order valence-electron chi connectivity index (χ1n) is 8.18. The van der Waals surface area contributed by atoms with Crippen molar-refractivity contribution >= 4 is 11.4 Å². The number of benzene rings is 3. The number of nitrogens with zero attached hydrogens (tertiary/aromatic N) is 2. The van der Waals surface area contributed by atoms with Crippen molar-refractivity contribution in [3.63, 3.8) is 0 Å². The van der Waals surface area contributed by atoms with E-state index in [1.54, 1.807) is 24.3 Å². The Morgan fingerprint density at radius 1 is 0.880 bits per heavy atom. The molecule has 3 nitrogen and oxygen atoms in total. The van der Waals surface area contributed by atoms with Crippen LogP contribution in [0.25, 0.3) is 0 Å². The van der Waals surface area contributed by atoms with Gasteiger partial charge in [0.2, 0.25) is 0 Å². The maximum atomic E-state index is 13.3. The van der Waals surface area contributed by atoms with Crippen LogP contribution < -0.4 is 5.01 Å². The highest BCUT2D eigenvalue weighted by molar-refractivity contribution is 6.05. The van der Waals surface area contributed by atoms with Gasteiger partial charge in [-0.2, -0.15) is 5.10 Å². The van der Waals surface area contributed by atoms with Gasteiger partial charge in [-0.05, 0) is 42.0 Å². The average Bonchev–Trinajstić information content (AvgIpc) is 3.08. The number of phenols is 1. The Balaban J connectivity index is 1.77. The minimum Gasteiger partial charge on any atom is -0.507 e. The summed E-state index contributed by atoms with van der Waals surface area (Å²) >= 11 is 0. The van der Waals surface area contributed by atoms with Crippen LogP contribution in [-0.4, -0.2) is 10.8 Å². The van der Waals surface area contributed by atoms with Crippen LogP contribution in [0.4, 0.5) is 10.1 Å². The van der Waals surface area contributed by atoms with E-state index >= 15 is 0 Å². The highest BCUT2D eigenvalue weighted by atomic mass is 19.1. The number of aromatic hydroxyl groups is 1. The zero-order valence-electron chi connectivity index (χ0n) is 13.5. The second-order valence-corrected chi connectivity index (χ2v) is 6.02. The lowest BCUT2D eigenvalue weighted by atomic mass is 9.97. The molecule has 0 fully saturated rings. The Hall–Kier alpha value is -3.14. The molecule has 0 spiro atoms. The van der Waals surface area contributed by atoms with E-state index in [1.165, 1.54) is 12.1 Å². The van der Waals surface area contributed by atoms with Crippen molar-refractivity contribution in [2.75, 3.05) is 5.01 Å². The van der Waals surface area contributed by atoms with E-state index in [0.717, 1.165) is 22.5 Å². The third-order valence-electron chi connectivity index (χ3n) is 4.40. The summed E-state index contributed by atoms with van der Waals surface area (Å²) in [5.74, 6) is -0.0381. The van der Waals surface area contributed by atoms with Gasteiger partial charge in [-0.15, -0.1) is 0 Å². The molecule has 0 unspecified atom stereocenters. The standard InChI is InChI=1S/C21H17FN2O/c22-16-12-10-15(11-13-16)20-14-19(18-8-4-5-9-21(18)25)23-24(20)17-6-2-1-3-7-17/h1-13,20,25H,14H2/t20-/m0/s1. The van der Waals surface area contributed by atoms with Crippen molar-refractivity contribution in [1.82, 2.24) is 0 Å². The number of phenolic OH excluding ortho intramolecular Hbond substituents is 1. The van der Waals surface area contributed by atoms with Crippen LogP contribution in [0.5, 0.6) is 5.75 Å². The molecule has 25 heavy (non-hydrogen) atoms. The summed E-state index contributed by atoms with van der Waals surface area (Å²) < 4.78 is 13.3. The van der Waals surface area contributed by atoms with Gasteiger partial charge >= 0.3 is 0 Å². The number of para-hydroxylation sites is 2. The van der Waals surface area contributed by atoms with Gasteiger partial charge in [-0.1, -0.05) is 42.5 Å². The predicted octanol–water partition coefficient (Wildman–Crippen LogP) is 4.89. The summed E-state index contributed by atoms with van der Waals surface area (Å²) in [5, 5.41) is 16.9. The largest absolute Gasteiger partial charge is 0.507 e. The summed E-state index contributed by atoms with van der Waals surface area (Å²) in [5.41, 5.74) is 3.49. The molecule has 4 rings (SSSR count). The van der Waals surface area contributed by atoms with E-state index < -0.39 is 0 Å². The number of anilines is 1. The Morgan fingerprint density at radius 2 is 1.56 bits per heavy atom. The number of halogens is 1. The summed E-state index contributed by atoms with van der Waals surface area (Å²) in [4.78, 5) is 0. The number of rotatable bonds is 3. The zero-order chi connectivity index (χ0) is 17.2. The maximum Gasteiger partial charge on any atom is 0.124 e. The minimum absolute atomic E-state index is 0.0439. The fourth-order valence-electron chi connectivity index (χ4n) is 3.15. The molecule has 3 aromatic carbocycles. The predicted molar refractivity (Wildman–Crippen MR) is 97.3 cm³/mol. The Bertz CT molecular complexity index is 907. The molecule has 0 bridgehead atoms. The van der Waals surface area contributed by atoms with Gasteiger partial charge in [0.15, 0.2) is 0 Å². The van der Waals surface area contributed by atoms with E-state index in [0.29, 0.717) is 6.42 Å². The molecule has 0 aromatic heterocycles. The van der Waals surface area contributed by atoms with Crippen LogP contribution in [0.15, 0.2) is 84.0 Å². The molecule has 124 valence electrons. The fourth-order valence-corrected chi connectivity index (χ4v) is 3.15. The first-order chi connectivity index (χ1) is 12.2. The van der Waals surface area contributed by atoms with Gasteiger partial charge in [0, 0.05) is 12.0 Å². The molecule has 0 radical (unpaired) electrons. The van der Waals surface area contributed by atoms with Crippen molar-refractivity contribution < 1.29 is 9.50 Å². The van der Waals surface area contributed by atoms with Crippen LogP contribution >= 0.6 is 0 Å². The van der Waals surface area contributed by atoms with Gasteiger partial charge in [0.1, 0.15) is 11.6 Å². The highest BCUT2D eigenvalue weighted by Gasteiger charge is 2.30. The Kier molecular flexibility index (Phi) is 3.94. The smallest absolute Gasteiger partial charge is 0.124 e. The minimum atomic E-state index is -0.255. The molecule has 1 aliphatic rings. The van der Waals surface area contributed by atoms with Crippen LogP contribution in [0.1, 0.15) is 23.6 Å². The molecule has 0 amide bonds. The Morgan fingerprint density at radius 3 is 2.28 bits per heavy atom. The van der Waals surface area contributed by atoms with Crippen LogP contribution in [0, 0.1) is 5.82 Å². The topological polar surface area (TPSA) is 35.8 Å². The fraction of sp³-hybridized carbons (Fsp3) is 0.0952. The summed E-state index contributed by atoms with van der Waals surface area (Å²) in [6.07, 6.45) is 0.637. The summed E-state index contributed by atoms with van der Waals surface area (Å²) in [6, 6.07) is 23.6. The lowest BCUT2D eigenvalue weighted by Gasteiger charge is -2.23. The van der Waals surface area contributed by atoms with Crippen molar-refractivity contribution in [3.8, 4) is 5.75 Å². The molecule has 1 heterocycles. The van der Waals surface area contributed by atoms with Crippen molar-refractivity contribution in [2.45, 2.75) is 12.5 Å².